The van der Waals surface area contributed by atoms with E-state index in [4.69, 9.17) is 0 Å². The van der Waals surface area contributed by atoms with E-state index in [1.165, 1.54) is 153 Å². The summed E-state index contributed by atoms with van der Waals surface area (Å²) in [6.45, 7) is 0. The van der Waals surface area contributed by atoms with Crippen molar-refractivity contribution in [1.29, 1.82) is 0 Å². The van der Waals surface area contributed by atoms with Crippen molar-refractivity contribution in [2.75, 3.05) is 0 Å². The molecule has 0 amide bonds. The molecule has 2 aliphatic carbocycles. The maximum absolute atomic E-state index is 2.38. The molecule has 0 aromatic heterocycles. The molecule has 0 atom stereocenters. The minimum Gasteiger partial charge on any atom is -0.0622 e. The van der Waals surface area contributed by atoms with Crippen LogP contribution in [0.2, 0.25) is 0 Å². The zero-order valence-electron chi connectivity index (χ0n) is 38.2. The first-order chi connectivity index (χ1) is 32.7. The molecule has 8 aromatic carbocycles. The summed E-state index contributed by atoms with van der Waals surface area (Å²) in [6.07, 6.45) is 27.3. The van der Waals surface area contributed by atoms with Crippen molar-refractivity contribution in [3.05, 3.63) is 261 Å². The van der Waals surface area contributed by atoms with Gasteiger partial charge in [-0.2, -0.15) is 0 Å². The van der Waals surface area contributed by atoms with Crippen LogP contribution in [0.3, 0.4) is 0 Å². The molecule has 2 fully saturated rings. The standard InChI is InChI=1S/C66H60/c1-5-19-49(20-6-1)53-33-39-57(40-34-53)65(55-25-9-3-10-26-55)47-61-31-15-13-23-51(61)37-43-63-45-59-29-17-18-30-60(59)46-64(63)44-38-52-24-14-16-32-62(52)48-66(56-27-11-4-12-28-56)58-41-35-54(36-42-58)50-21-7-2-8-22-50/h3-4,9-18,23-50H,1-2,5-8,19-22H2. The number of fused-ring (bicyclic) bond motifs is 1. The van der Waals surface area contributed by atoms with E-state index in [1.807, 2.05) is 0 Å². The molecule has 0 spiro atoms. The lowest BCUT2D eigenvalue weighted by atomic mass is 9.83. The van der Waals surface area contributed by atoms with Gasteiger partial charge in [-0.15, -0.1) is 0 Å². The van der Waals surface area contributed by atoms with Crippen molar-refractivity contribution in [3.63, 3.8) is 0 Å². The second-order valence-electron chi connectivity index (χ2n) is 18.5. The van der Waals surface area contributed by atoms with E-state index in [9.17, 15) is 0 Å². The Kier molecular flexibility index (Phi) is 13.6. The van der Waals surface area contributed by atoms with Gasteiger partial charge in [0.05, 0.1) is 0 Å². The third-order valence-corrected chi connectivity index (χ3v) is 14.2. The van der Waals surface area contributed by atoms with Crippen LogP contribution < -0.4 is 0 Å². The highest BCUT2D eigenvalue weighted by Gasteiger charge is 2.18. The molecule has 0 N–H and O–H groups in total. The normalized spacial score (nSPS) is 15.5. The van der Waals surface area contributed by atoms with Gasteiger partial charge >= 0.3 is 0 Å². The smallest absolute Gasteiger partial charge is 0.0105 e. The summed E-state index contributed by atoms with van der Waals surface area (Å²) in [4.78, 5) is 0. The van der Waals surface area contributed by atoms with Crippen molar-refractivity contribution < 1.29 is 0 Å². The first-order valence-corrected chi connectivity index (χ1v) is 24.5. The first kappa shape index (κ1) is 42.9. The van der Waals surface area contributed by atoms with Crippen molar-refractivity contribution in [2.24, 2.45) is 0 Å². The Balaban J connectivity index is 0.988. The van der Waals surface area contributed by atoms with Gasteiger partial charge in [0.1, 0.15) is 0 Å². The average molecular weight is 853 g/mol. The Morgan fingerprint density at radius 1 is 0.288 bits per heavy atom. The number of hydrogen-bond donors (Lipinski definition) is 0. The Labute approximate surface area is 393 Å². The van der Waals surface area contributed by atoms with Gasteiger partial charge in [-0.1, -0.05) is 245 Å². The third-order valence-electron chi connectivity index (χ3n) is 14.2. The number of rotatable bonds is 12. The summed E-state index contributed by atoms with van der Waals surface area (Å²) in [5, 5.41) is 2.46. The Morgan fingerprint density at radius 3 is 1.00 bits per heavy atom. The van der Waals surface area contributed by atoms with E-state index >= 15 is 0 Å². The van der Waals surface area contributed by atoms with Crippen molar-refractivity contribution >= 4 is 58.4 Å². The van der Waals surface area contributed by atoms with Crippen LogP contribution >= 0.6 is 0 Å². The average Bonchev–Trinajstić information content (AvgIpc) is 3.40. The summed E-state index contributed by atoms with van der Waals surface area (Å²) >= 11 is 0. The summed E-state index contributed by atoms with van der Waals surface area (Å²) in [7, 11) is 0. The molecule has 10 rings (SSSR count). The molecule has 2 saturated carbocycles. The molecule has 0 nitrogen and oxygen atoms in total. The minimum absolute atomic E-state index is 0.690. The second kappa shape index (κ2) is 20.9. The molecular formula is C66H60. The quantitative estimate of drug-likeness (QED) is 0.107. The topological polar surface area (TPSA) is 0 Å². The van der Waals surface area contributed by atoms with Crippen LogP contribution in [0.15, 0.2) is 194 Å². The Morgan fingerprint density at radius 2 is 0.606 bits per heavy atom. The van der Waals surface area contributed by atoms with Crippen LogP contribution in [0.1, 0.15) is 143 Å². The summed E-state index contributed by atoms with van der Waals surface area (Å²) < 4.78 is 0. The largest absolute Gasteiger partial charge is 0.0622 e. The van der Waals surface area contributed by atoms with Gasteiger partial charge in [0.15, 0.2) is 0 Å². The van der Waals surface area contributed by atoms with Crippen LogP contribution in [-0.2, 0) is 0 Å². The maximum atomic E-state index is 2.38. The fourth-order valence-corrected chi connectivity index (χ4v) is 10.5. The van der Waals surface area contributed by atoms with Gasteiger partial charge in [0, 0.05) is 0 Å². The van der Waals surface area contributed by atoms with E-state index in [0.29, 0.717) is 11.8 Å². The molecule has 0 aliphatic heterocycles. The van der Waals surface area contributed by atoms with Crippen molar-refractivity contribution in [1.82, 2.24) is 0 Å². The molecule has 0 unspecified atom stereocenters. The Bertz CT molecular complexity index is 2780. The zero-order chi connectivity index (χ0) is 44.3. The molecule has 0 radical (unpaired) electrons. The molecule has 2 aliphatic rings. The van der Waals surface area contributed by atoms with E-state index in [-0.39, 0.29) is 0 Å². The maximum Gasteiger partial charge on any atom is -0.0105 e. The van der Waals surface area contributed by atoms with Crippen molar-refractivity contribution in [2.45, 2.75) is 76.0 Å². The predicted octanol–water partition coefficient (Wildman–Crippen LogP) is 18.5. The molecule has 0 saturated heterocycles. The fourth-order valence-electron chi connectivity index (χ4n) is 10.5. The van der Waals surface area contributed by atoms with Crippen LogP contribution in [0.4, 0.5) is 0 Å². The van der Waals surface area contributed by atoms with Crippen LogP contribution in [0, 0.1) is 0 Å². The first-order valence-electron chi connectivity index (χ1n) is 24.5. The summed E-state index contributed by atoms with van der Waals surface area (Å²) in [5.41, 5.74) is 17.5. The lowest BCUT2D eigenvalue weighted by Gasteiger charge is -2.22. The molecule has 8 aromatic rings. The molecule has 0 heteroatoms. The SMILES string of the molecule is C(=Cc1cc2ccccc2cc1C=Cc1ccccc1C=C(c1ccccc1)c1ccc(C2CCCCC2)cc1)c1ccccc1C=C(c1ccccc1)c1ccc(C2CCCCC2)cc1. The molecule has 0 heterocycles. The molecule has 66 heavy (non-hydrogen) atoms. The molecule has 324 valence electrons. The lowest BCUT2D eigenvalue weighted by molar-refractivity contribution is 0.443. The van der Waals surface area contributed by atoms with Gasteiger partial charge in [0.25, 0.3) is 0 Å². The number of benzene rings is 8. The van der Waals surface area contributed by atoms with Gasteiger partial charge in [0.2, 0.25) is 0 Å². The van der Waals surface area contributed by atoms with Gasteiger partial charge in [-0.3, -0.25) is 0 Å². The van der Waals surface area contributed by atoms with Gasteiger partial charge < -0.3 is 0 Å². The van der Waals surface area contributed by atoms with Gasteiger partial charge in [-0.05, 0) is 150 Å². The Hall–Kier alpha value is -7.02. The predicted molar refractivity (Wildman–Crippen MR) is 286 cm³/mol. The van der Waals surface area contributed by atoms with E-state index in [0.717, 1.165) is 0 Å². The monoisotopic (exact) mass is 852 g/mol. The van der Waals surface area contributed by atoms with E-state index in [1.54, 1.807) is 0 Å². The molecule has 0 bridgehead atoms. The minimum atomic E-state index is 0.690. The van der Waals surface area contributed by atoms with Gasteiger partial charge in [-0.25, -0.2) is 0 Å². The van der Waals surface area contributed by atoms with Crippen LogP contribution in [0.5, 0.6) is 0 Å². The van der Waals surface area contributed by atoms with Crippen molar-refractivity contribution in [3.8, 4) is 0 Å². The van der Waals surface area contributed by atoms with Crippen LogP contribution in [-0.4, -0.2) is 0 Å². The van der Waals surface area contributed by atoms with Crippen LogP contribution in [0.25, 0.3) is 58.4 Å². The summed E-state index contributed by atoms with van der Waals surface area (Å²) in [6, 6.07) is 71.6. The fraction of sp³-hybridized carbons (Fsp3) is 0.182. The highest BCUT2D eigenvalue weighted by Crippen LogP contribution is 2.37. The number of hydrogen-bond acceptors (Lipinski definition) is 0. The highest BCUT2D eigenvalue weighted by atomic mass is 14.2. The zero-order valence-corrected chi connectivity index (χ0v) is 38.2. The third kappa shape index (κ3) is 10.3. The second-order valence-corrected chi connectivity index (χ2v) is 18.5. The van der Waals surface area contributed by atoms with E-state index < -0.39 is 0 Å². The van der Waals surface area contributed by atoms with E-state index in [2.05, 4.69) is 231 Å². The lowest BCUT2D eigenvalue weighted by Crippen LogP contribution is -2.04. The summed E-state index contributed by atoms with van der Waals surface area (Å²) in [5.74, 6) is 1.38. The molecular weight excluding hydrogens is 793 g/mol. The highest BCUT2D eigenvalue weighted by molar-refractivity contribution is 5.96.